The number of imide groups is 2. The molecule has 0 bridgehead atoms. The predicted molar refractivity (Wildman–Crippen MR) is 144 cm³/mol. The van der Waals surface area contributed by atoms with Crippen molar-refractivity contribution in [2.45, 2.75) is 19.7 Å². The van der Waals surface area contributed by atoms with Crippen LogP contribution >= 0.6 is 34.8 Å². The molecular formula is C27H18Cl3F3N2O5. The van der Waals surface area contributed by atoms with E-state index < -0.39 is 40.8 Å². The van der Waals surface area contributed by atoms with Gasteiger partial charge in [-0.15, -0.1) is 0 Å². The number of carbonyl (C=O) groups excluding carboxylic acids is 3. The normalized spacial score (nSPS) is 14.9. The summed E-state index contributed by atoms with van der Waals surface area (Å²) in [6.07, 6.45) is -3.66. The van der Waals surface area contributed by atoms with E-state index in [4.69, 9.17) is 44.3 Å². The van der Waals surface area contributed by atoms with Gasteiger partial charge in [0.25, 0.3) is 11.8 Å². The van der Waals surface area contributed by atoms with Crippen molar-refractivity contribution in [2.24, 2.45) is 0 Å². The average molecular weight is 614 g/mol. The van der Waals surface area contributed by atoms with Crippen LogP contribution in [0.2, 0.25) is 15.1 Å². The number of anilines is 1. The number of benzene rings is 3. The van der Waals surface area contributed by atoms with E-state index in [0.717, 1.165) is 12.1 Å². The fraction of sp³-hybridized carbons (Fsp3) is 0.148. The molecule has 1 N–H and O–H groups in total. The fourth-order valence-corrected chi connectivity index (χ4v) is 4.41. The maximum Gasteiger partial charge on any atom is 0.416 e. The Morgan fingerprint density at radius 2 is 1.65 bits per heavy atom. The van der Waals surface area contributed by atoms with E-state index in [1.54, 1.807) is 31.2 Å². The van der Waals surface area contributed by atoms with E-state index in [-0.39, 0.29) is 40.3 Å². The van der Waals surface area contributed by atoms with Gasteiger partial charge in [0.15, 0.2) is 11.5 Å². The van der Waals surface area contributed by atoms with E-state index in [9.17, 15) is 27.6 Å². The highest BCUT2D eigenvalue weighted by Crippen LogP contribution is 2.39. The maximum absolute atomic E-state index is 13.3. The zero-order valence-electron chi connectivity index (χ0n) is 20.4. The maximum atomic E-state index is 13.3. The van der Waals surface area contributed by atoms with E-state index in [0.29, 0.717) is 27.6 Å². The summed E-state index contributed by atoms with van der Waals surface area (Å²) in [6, 6.07) is 10.7. The molecule has 0 saturated carbocycles. The Kier molecular flexibility index (Phi) is 8.62. The second-order valence-corrected chi connectivity index (χ2v) is 9.49. The first kappa shape index (κ1) is 29.3. The van der Waals surface area contributed by atoms with Gasteiger partial charge in [-0.2, -0.15) is 13.2 Å². The number of barbiturate groups is 1. The number of nitrogens with one attached hydrogen (secondary N) is 1. The molecule has 1 aliphatic rings. The molecule has 40 heavy (non-hydrogen) atoms. The number of carbonyl (C=O) groups is 3. The minimum Gasteiger partial charge on any atom is -0.490 e. The number of urea groups is 1. The number of amides is 4. The van der Waals surface area contributed by atoms with Gasteiger partial charge in [0.2, 0.25) is 0 Å². The molecule has 7 nitrogen and oxygen atoms in total. The van der Waals surface area contributed by atoms with Crippen LogP contribution in [0, 0.1) is 0 Å². The summed E-state index contributed by atoms with van der Waals surface area (Å²) in [4.78, 5) is 38.7. The second-order valence-electron chi connectivity index (χ2n) is 8.26. The van der Waals surface area contributed by atoms with Crippen molar-refractivity contribution in [3.8, 4) is 11.5 Å². The first-order valence-corrected chi connectivity index (χ1v) is 12.6. The lowest BCUT2D eigenvalue weighted by Gasteiger charge is -2.27. The molecule has 1 fully saturated rings. The van der Waals surface area contributed by atoms with Crippen molar-refractivity contribution < 1.29 is 37.0 Å². The van der Waals surface area contributed by atoms with Gasteiger partial charge >= 0.3 is 12.2 Å². The van der Waals surface area contributed by atoms with Crippen LogP contribution in [0.5, 0.6) is 11.5 Å². The van der Waals surface area contributed by atoms with Crippen LogP contribution < -0.4 is 19.7 Å². The highest BCUT2D eigenvalue weighted by Gasteiger charge is 2.39. The zero-order valence-corrected chi connectivity index (χ0v) is 22.7. The molecule has 1 aliphatic heterocycles. The van der Waals surface area contributed by atoms with E-state index in [1.165, 1.54) is 12.1 Å². The van der Waals surface area contributed by atoms with Gasteiger partial charge in [0.1, 0.15) is 12.2 Å². The van der Waals surface area contributed by atoms with Gasteiger partial charge in [0.05, 0.1) is 27.9 Å². The van der Waals surface area contributed by atoms with Crippen LogP contribution in [0.1, 0.15) is 23.6 Å². The number of hydrogen-bond donors (Lipinski definition) is 1. The van der Waals surface area contributed by atoms with Crippen molar-refractivity contribution in [1.82, 2.24) is 5.32 Å². The third-order valence-electron chi connectivity index (χ3n) is 5.59. The third kappa shape index (κ3) is 6.19. The number of ether oxygens (including phenoxy) is 2. The molecule has 4 amide bonds. The van der Waals surface area contributed by atoms with Crippen LogP contribution in [0.25, 0.3) is 6.08 Å². The van der Waals surface area contributed by atoms with Crippen LogP contribution in [0.4, 0.5) is 23.7 Å². The average Bonchev–Trinajstić information content (AvgIpc) is 2.87. The molecule has 1 saturated heterocycles. The van der Waals surface area contributed by atoms with Crippen LogP contribution in [-0.2, 0) is 22.4 Å². The summed E-state index contributed by atoms with van der Waals surface area (Å²) in [5.41, 5.74) is -1.35. The van der Waals surface area contributed by atoms with Crippen molar-refractivity contribution in [2.75, 3.05) is 11.5 Å². The first-order chi connectivity index (χ1) is 18.9. The first-order valence-electron chi connectivity index (χ1n) is 11.5. The molecule has 0 atom stereocenters. The Bertz CT molecular complexity index is 1540. The molecule has 3 aromatic carbocycles. The third-order valence-corrected chi connectivity index (χ3v) is 6.56. The lowest BCUT2D eigenvalue weighted by Crippen LogP contribution is -2.54. The Morgan fingerprint density at radius 1 is 0.925 bits per heavy atom. The predicted octanol–water partition coefficient (Wildman–Crippen LogP) is 7.31. The molecular weight excluding hydrogens is 596 g/mol. The van der Waals surface area contributed by atoms with Crippen molar-refractivity contribution in [3.63, 3.8) is 0 Å². The molecule has 1 heterocycles. The van der Waals surface area contributed by atoms with Gasteiger partial charge in [-0.05, 0) is 55.0 Å². The van der Waals surface area contributed by atoms with Crippen LogP contribution in [0.3, 0.4) is 0 Å². The summed E-state index contributed by atoms with van der Waals surface area (Å²) >= 11 is 18.7. The Labute approximate surface area is 241 Å². The molecule has 13 heteroatoms. The molecule has 0 unspecified atom stereocenters. The Balaban J connectivity index is 1.70. The molecule has 0 aromatic heterocycles. The smallest absolute Gasteiger partial charge is 0.416 e. The Morgan fingerprint density at radius 3 is 2.33 bits per heavy atom. The van der Waals surface area contributed by atoms with Crippen molar-refractivity contribution >= 4 is 64.4 Å². The summed E-state index contributed by atoms with van der Waals surface area (Å²) in [6.45, 7) is 2.00. The number of halogens is 6. The standard InChI is InChI=1S/C27H18Cl3F3N2O5/c1-2-39-22-11-14(10-20(30)23(22)40-13-15-5-3-4-6-18(15)28)9-17-24(36)34-26(38)35(25(17)37)21-12-16(27(31,32)33)7-8-19(21)29/h3-12H,2,13H2,1H3,(H,34,36,38)/b17-9-. The fourth-order valence-electron chi connectivity index (χ4n) is 3.74. The molecule has 0 aliphatic carbocycles. The number of hydrogen-bond acceptors (Lipinski definition) is 5. The highest BCUT2D eigenvalue weighted by molar-refractivity contribution is 6.42. The van der Waals surface area contributed by atoms with E-state index in [1.807, 2.05) is 5.32 Å². The topological polar surface area (TPSA) is 84.9 Å². The highest BCUT2D eigenvalue weighted by atomic mass is 35.5. The monoisotopic (exact) mass is 612 g/mol. The van der Waals surface area contributed by atoms with Crippen molar-refractivity contribution in [1.29, 1.82) is 0 Å². The second kappa shape index (κ2) is 11.8. The molecule has 4 rings (SSSR count). The summed E-state index contributed by atoms with van der Waals surface area (Å²) in [5.74, 6) is -1.89. The molecule has 0 radical (unpaired) electrons. The quantitative estimate of drug-likeness (QED) is 0.223. The summed E-state index contributed by atoms with van der Waals surface area (Å²) in [7, 11) is 0. The van der Waals surface area contributed by atoms with E-state index >= 15 is 0 Å². The summed E-state index contributed by atoms with van der Waals surface area (Å²) in [5, 5.41) is 2.19. The Hall–Kier alpha value is -3.73. The van der Waals surface area contributed by atoms with Gasteiger partial charge in [-0.3, -0.25) is 14.9 Å². The molecule has 3 aromatic rings. The minimum atomic E-state index is -4.77. The lowest BCUT2D eigenvalue weighted by atomic mass is 10.1. The lowest BCUT2D eigenvalue weighted by molar-refractivity contribution is -0.137. The largest absolute Gasteiger partial charge is 0.490 e. The van der Waals surface area contributed by atoms with Crippen molar-refractivity contribution in [3.05, 3.63) is 91.9 Å². The number of alkyl halides is 3. The van der Waals surface area contributed by atoms with Gasteiger partial charge in [-0.25, -0.2) is 9.69 Å². The number of rotatable bonds is 7. The molecule has 208 valence electrons. The van der Waals surface area contributed by atoms with Gasteiger partial charge in [0, 0.05) is 10.6 Å². The van der Waals surface area contributed by atoms with E-state index in [2.05, 4.69) is 0 Å². The SMILES string of the molecule is CCOc1cc(/C=C2/C(=O)NC(=O)N(c3cc(C(F)(F)F)ccc3Cl)C2=O)cc(Cl)c1OCc1ccccc1Cl. The zero-order chi connectivity index (χ0) is 29.2. The number of nitrogens with zero attached hydrogens (tertiary/aromatic N) is 1. The molecule has 0 spiro atoms. The van der Waals surface area contributed by atoms with Gasteiger partial charge < -0.3 is 9.47 Å². The van der Waals surface area contributed by atoms with Crippen LogP contribution in [0.15, 0.2) is 60.2 Å². The van der Waals surface area contributed by atoms with Gasteiger partial charge in [-0.1, -0.05) is 53.0 Å². The minimum absolute atomic E-state index is 0.0651. The summed E-state index contributed by atoms with van der Waals surface area (Å²) < 4.78 is 51.3. The van der Waals surface area contributed by atoms with Crippen LogP contribution in [-0.4, -0.2) is 24.5 Å².